The Morgan fingerprint density at radius 1 is 1.38 bits per heavy atom. The smallest absolute Gasteiger partial charge is 0.340 e. The van der Waals surface area contributed by atoms with Crippen molar-refractivity contribution in [2.24, 2.45) is 5.92 Å². The second-order valence-corrected chi connectivity index (χ2v) is 5.57. The van der Waals surface area contributed by atoms with Gasteiger partial charge in [-0.2, -0.15) is 0 Å². The van der Waals surface area contributed by atoms with Crippen LogP contribution in [0.5, 0.6) is 0 Å². The topological polar surface area (TPSA) is 69.6 Å². The van der Waals surface area contributed by atoms with Crippen molar-refractivity contribution in [2.45, 2.75) is 32.7 Å². The maximum Gasteiger partial charge on any atom is 0.340 e. The normalized spacial score (nSPS) is 22.0. The van der Waals surface area contributed by atoms with E-state index in [9.17, 15) is 14.0 Å². The standard InChI is InChI=1S/C15H19FN2O3/c1-9-6-7-18(10(2)8-9)15(21)17-12-5-3-4-11(16)13(12)14(19)20/h3-5,9-10H,6-8H2,1-2H3,(H,17,21)(H,19,20). The van der Waals surface area contributed by atoms with E-state index in [-0.39, 0.29) is 17.8 Å². The van der Waals surface area contributed by atoms with Crippen molar-refractivity contribution in [3.8, 4) is 0 Å². The molecular weight excluding hydrogens is 275 g/mol. The van der Waals surface area contributed by atoms with Gasteiger partial charge in [0.25, 0.3) is 0 Å². The molecule has 2 rings (SSSR count). The van der Waals surface area contributed by atoms with Gasteiger partial charge in [0, 0.05) is 12.6 Å². The zero-order chi connectivity index (χ0) is 15.6. The van der Waals surface area contributed by atoms with E-state index in [1.165, 1.54) is 12.1 Å². The van der Waals surface area contributed by atoms with E-state index < -0.39 is 17.3 Å². The molecule has 2 unspecified atom stereocenters. The number of amides is 2. The number of hydrogen-bond acceptors (Lipinski definition) is 2. The molecule has 1 aromatic carbocycles. The van der Waals surface area contributed by atoms with Gasteiger partial charge in [-0.1, -0.05) is 13.0 Å². The first-order chi connectivity index (χ1) is 9.90. The van der Waals surface area contributed by atoms with Crippen molar-refractivity contribution in [3.63, 3.8) is 0 Å². The third-order valence-corrected chi connectivity index (χ3v) is 3.87. The summed E-state index contributed by atoms with van der Waals surface area (Å²) < 4.78 is 13.6. The molecular formula is C15H19FN2O3. The van der Waals surface area contributed by atoms with Gasteiger partial charge >= 0.3 is 12.0 Å². The molecule has 1 aromatic rings. The van der Waals surface area contributed by atoms with Gasteiger partial charge < -0.3 is 15.3 Å². The summed E-state index contributed by atoms with van der Waals surface area (Å²) in [6.45, 7) is 4.71. The third-order valence-electron chi connectivity index (χ3n) is 3.87. The number of likely N-dealkylation sites (tertiary alicyclic amines) is 1. The molecule has 0 radical (unpaired) electrons. The second kappa shape index (κ2) is 6.11. The number of rotatable bonds is 2. The number of anilines is 1. The fraction of sp³-hybridized carbons (Fsp3) is 0.467. The lowest BCUT2D eigenvalue weighted by Gasteiger charge is -2.36. The van der Waals surface area contributed by atoms with E-state index in [1.807, 2.05) is 6.92 Å². The van der Waals surface area contributed by atoms with Crippen LogP contribution in [0.25, 0.3) is 0 Å². The van der Waals surface area contributed by atoms with Crippen molar-refractivity contribution in [1.82, 2.24) is 4.90 Å². The van der Waals surface area contributed by atoms with Crippen molar-refractivity contribution in [3.05, 3.63) is 29.6 Å². The summed E-state index contributed by atoms with van der Waals surface area (Å²) in [6, 6.07) is 3.52. The minimum absolute atomic E-state index is 0.0154. The fourth-order valence-electron chi connectivity index (χ4n) is 2.74. The molecule has 0 spiro atoms. The third kappa shape index (κ3) is 3.32. The number of hydrogen-bond donors (Lipinski definition) is 2. The summed E-state index contributed by atoms with van der Waals surface area (Å²) in [5.41, 5.74) is -0.526. The molecule has 1 heterocycles. The molecule has 2 N–H and O–H groups in total. The minimum atomic E-state index is -1.40. The Bertz CT molecular complexity index is 562. The summed E-state index contributed by atoms with van der Waals surface area (Å²) in [4.78, 5) is 25.0. The van der Waals surface area contributed by atoms with E-state index in [2.05, 4.69) is 12.2 Å². The molecule has 0 aromatic heterocycles. The molecule has 6 heteroatoms. The number of nitrogens with zero attached hydrogens (tertiary/aromatic N) is 1. The number of carbonyl (C=O) groups is 2. The predicted molar refractivity (Wildman–Crippen MR) is 76.9 cm³/mol. The highest BCUT2D eigenvalue weighted by Gasteiger charge is 2.27. The molecule has 0 aliphatic carbocycles. The molecule has 5 nitrogen and oxygen atoms in total. The summed E-state index contributed by atoms with van der Waals surface area (Å²) in [5, 5.41) is 11.6. The molecule has 0 saturated carbocycles. The van der Waals surface area contributed by atoms with Crippen LogP contribution in [-0.4, -0.2) is 34.6 Å². The molecule has 1 saturated heterocycles. The summed E-state index contributed by atoms with van der Waals surface area (Å²) in [5.74, 6) is -1.70. The Morgan fingerprint density at radius 2 is 2.10 bits per heavy atom. The average Bonchev–Trinajstić information content (AvgIpc) is 2.37. The number of carbonyl (C=O) groups excluding carboxylic acids is 1. The van der Waals surface area contributed by atoms with Crippen LogP contribution >= 0.6 is 0 Å². The Morgan fingerprint density at radius 3 is 2.71 bits per heavy atom. The highest BCUT2D eigenvalue weighted by molar-refractivity contribution is 6.00. The molecule has 0 bridgehead atoms. The van der Waals surface area contributed by atoms with Gasteiger partial charge in [0.2, 0.25) is 0 Å². The van der Waals surface area contributed by atoms with Crippen LogP contribution in [0.2, 0.25) is 0 Å². The van der Waals surface area contributed by atoms with Crippen LogP contribution in [0, 0.1) is 11.7 Å². The highest BCUT2D eigenvalue weighted by atomic mass is 19.1. The van der Waals surface area contributed by atoms with E-state index in [0.717, 1.165) is 18.9 Å². The first-order valence-electron chi connectivity index (χ1n) is 6.99. The zero-order valence-corrected chi connectivity index (χ0v) is 12.1. The lowest BCUT2D eigenvalue weighted by Crippen LogP contribution is -2.46. The molecule has 21 heavy (non-hydrogen) atoms. The van der Waals surface area contributed by atoms with Gasteiger partial charge in [-0.3, -0.25) is 0 Å². The van der Waals surface area contributed by atoms with E-state index in [1.54, 1.807) is 4.90 Å². The second-order valence-electron chi connectivity index (χ2n) is 5.57. The van der Waals surface area contributed by atoms with E-state index in [4.69, 9.17) is 5.11 Å². The Kier molecular flexibility index (Phi) is 4.45. The molecule has 1 aliphatic rings. The van der Waals surface area contributed by atoms with E-state index in [0.29, 0.717) is 12.5 Å². The quantitative estimate of drug-likeness (QED) is 0.880. The first kappa shape index (κ1) is 15.3. The van der Waals surface area contributed by atoms with Crippen molar-refractivity contribution < 1.29 is 19.1 Å². The molecule has 2 amide bonds. The van der Waals surface area contributed by atoms with Crippen LogP contribution in [0.15, 0.2) is 18.2 Å². The monoisotopic (exact) mass is 294 g/mol. The molecule has 2 atom stereocenters. The average molecular weight is 294 g/mol. The Hall–Kier alpha value is -2.11. The van der Waals surface area contributed by atoms with Gasteiger partial charge in [0.1, 0.15) is 11.4 Å². The number of piperidine rings is 1. The van der Waals surface area contributed by atoms with Gasteiger partial charge in [0.15, 0.2) is 0 Å². The summed E-state index contributed by atoms with van der Waals surface area (Å²) in [6.07, 6.45) is 1.81. The zero-order valence-electron chi connectivity index (χ0n) is 12.1. The number of benzene rings is 1. The van der Waals surface area contributed by atoms with E-state index >= 15 is 0 Å². The molecule has 114 valence electrons. The van der Waals surface area contributed by atoms with Crippen LogP contribution < -0.4 is 5.32 Å². The number of halogens is 1. The molecule has 1 fully saturated rings. The maximum atomic E-state index is 13.6. The van der Waals surface area contributed by atoms with Gasteiger partial charge in [-0.15, -0.1) is 0 Å². The predicted octanol–water partition coefficient (Wildman–Crippen LogP) is 3.18. The molecule has 1 aliphatic heterocycles. The van der Waals surface area contributed by atoms with Gasteiger partial charge in [-0.05, 0) is 37.8 Å². The lowest BCUT2D eigenvalue weighted by atomic mass is 9.94. The summed E-state index contributed by atoms with van der Waals surface area (Å²) >= 11 is 0. The highest BCUT2D eigenvalue weighted by Crippen LogP contribution is 2.24. The number of carboxylic acids is 1. The first-order valence-corrected chi connectivity index (χ1v) is 6.99. The van der Waals surface area contributed by atoms with Gasteiger partial charge in [-0.25, -0.2) is 14.0 Å². The number of urea groups is 1. The number of nitrogens with one attached hydrogen (secondary N) is 1. The number of carboxylic acid groups (broad SMARTS) is 1. The largest absolute Gasteiger partial charge is 0.478 e. The van der Waals surface area contributed by atoms with Crippen molar-refractivity contribution in [2.75, 3.05) is 11.9 Å². The van der Waals surface area contributed by atoms with Crippen LogP contribution in [0.4, 0.5) is 14.9 Å². The summed E-state index contributed by atoms with van der Waals surface area (Å²) in [7, 11) is 0. The van der Waals surface area contributed by atoms with Crippen molar-refractivity contribution >= 4 is 17.7 Å². The maximum absolute atomic E-state index is 13.6. The number of aromatic carboxylic acids is 1. The fourth-order valence-corrected chi connectivity index (χ4v) is 2.74. The Balaban J connectivity index is 2.17. The van der Waals surface area contributed by atoms with Crippen molar-refractivity contribution in [1.29, 1.82) is 0 Å². The van der Waals surface area contributed by atoms with Crippen LogP contribution in [0.1, 0.15) is 37.0 Å². The van der Waals surface area contributed by atoms with Gasteiger partial charge in [0.05, 0.1) is 5.69 Å². The van der Waals surface area contributed by atoms with Crippen LogP contribution in [-0.2, 0) is 0 Å². The SMILES string of the molecule is CC1CCN(C(=O)Nc2cccc(F)c2C(=O)O)C(C)C1. The minimum Gasteiger partial charge on any atom is -0.478 e. The lowest BCUT2D eigenvalue weighted by molar-refractivity contribution is 0.0693. The van der Waals surface area contributed by atoms with Crippen LogP contribution in [0.3, 0.4) is 0 Å². The Labute approximate surface area is 122 Å².